The number of phenolic OH excluding ortho intramolecular Hbond substituents is 1. The normalized spacial score (nSPS) is 14.7. The van der Waals surface area contributed by atoms with Gasteiger partial charge in [0.1, 0.15) is 39.9 Å². The van der Waals surface area contributed by atoms with E-state index in [0.717, 1.165) is 5.56 Å². The summed E-state index contributed by atoms with van der Waals surface area (Å²) in [6.45, 7) is 1.84. The molecule has 4 aromatic rings. The molecule has 0 aliphatic carbocycles. The average Bonchev–Trinajstić information content (AvgIpc) is 2.92. The Kier molecular flexibility index (Phi) is 7.10. The first-order valence-electron chi connectivity index (χ1n) is 12.0. The van der Waals surface area contributed by atoms with E-state index in [2.05, 4.69) is 25.8 Å². The second-order valence-corrected chi connectivity index (χ2v) is 9.73. The zero-order valence-corrected chi connectivity index (χ0v) is 21.8. The van der Waals surface area contributed by atoms with Crippen LogP contribution in [-0.4, -0.2) is 45.7 Å². The van der Waals surface area contributed by atoms with Gasteiger partial charge in [0.05, 0.1) is 23.3 Å². The van der Waals surface area contributed by atoms with Gasteiger partial charge in [-0.1, -0.05) is 30.3 Å². The minimum absolute atomic E-state index is 0.0532. The van der Waals surface area contributed by atoms with E-state index < -0.39 is 5.56 Å². The molecule has 1 fully saturated rings. The average molecular weight is 573 g/mol. The number of anilines is 1. The molecule has 0 saturated carbocycles. The van der Waals surface area contributed by atoms with E-state index >= 15 is 0 Å². The zero-order valence-electron chi connectivity index (χ0n) is 20.2. The summed E-state index contributed by atoms with van der Waals surface area (Å²) in [7, 11) is 0. The molecule has 0 amide bonds. The summed E-state index contributed by atoms with van der Waals surface area (Å²) in [4.78, 5) is 22.0. The van der Waals surface area contributed by atoms with Gasteiger partial charge in [0.25, 0.3) is 5.56 Å². The number of hydrogen-bond acceptors (Lipinski definition) is 7. The fraction of sp³-hybridized carbons (Fsp3) is 0.214. The van der Waals surface area contributed by atoms with Crippen molar-refractivity contribution in [2.45, 2.75) is 12.6 Å². The van der Waals surface area contributed by atoms with Crippen LogP contribution in [0.15, 0.2) is 70.1 Å². The van der Waals surface area contributed by atoms with E-state index in [9.17, 15) is 24.8 Å². The quantitative estimate of drug-likeness (QED) is 0.355. The van der Waals surface area contributed by atoms with Crippen molar-refractivity contribution in [1.82, 2.24) is 14.5 Å². The summed E-state index contributed by atoms with van der Waals surface area (Å²) in [5, 5.41) is 29.9. The van der Waals surface area contributed by atoms with Crippen LogP contribution in [0.25, 0.3) is 11.0 Å². The van der Waals surface area contributed by atoms with Crippen molar-refractivity contribution in [2.75, 3.05) is 31.1 Å². The van der Waals surface area contributed by atoms with Crippen molar-refractivity contribution >= 4 is 32.7 Å². The minimum Gasteiger partial charge on any atom is -0.508 e. The maximum absolute atomic E-state index is 13.7. The van der Waals surface area contributed by atoms with Gasteiger partial charge in [0.2, 0.25) is 0 Å². The first-order valence-corrected chi connectivity index (χ1v) is 12.7. The monoisotopic (exact) mass is 572 g/mol. The highest BCUT2D eigenvalue weighted by Crippen LogP contribution is 2.36. The maximum Gasteiger partial charge on any atom is 0.272 e. The lowest BCUT2D eigenvalue weighted by Crippen LogP contribution is -2.48. The third-order valence-corrected chi connectivity index (χ3v) is 7.25. The molecule has 0 spiro atoms. The van der Waals surface area contributed by atoms with Crippen LogP contribution in [0.1, 0.15) is 22.7 Å². The van der Waals surface area contributed by atoms with Crippen LogP contribution < -0.4 is 10.5 Å². The van der Waals surface area contributed by atoms with Crippen molar-refractivity contribution < 1.29 is 9.50 Å². The van der Waals surface area contributed by atoms with Gasteiger partial charge in [0.15, 0.2) is 0 Å². The van der Waals surface area contributed by atoms with Crippen molar-refractivity contribution in [2.24, 2.45) is 0 Å². The number of piperazine rings is 1. The van der Waals surface area contributed by atoms with Crippen LogP contribution in [0.3, 0.4) is 0 Å². The molecule has 1 N–H and O–H groups in total. The van der Waals surface area contributed by atoms with Crippen molar-refractivity contribution in [3.63, 3.8) is 0 Å². The smallest absolute Gasteiger partial charge is 0.272 e. The highest BCUT2D eigenvalue weighted by Gasteiger charge is 2.31. The molecule has 2 aromatic carbocycles. The maximum atomic E-state index is 13.7. The summed E-state index contributed by atoms with van der Waals surface area (Å²) in [6, 6.07) is 20.5. The second-order valence-electron chi connectivity index (χ2n) is 8.92. The lowest BCUT2D eigenvalue weighted by Gasteiger charge is -2.41. The number of nitrogens with zero attached hydrogens (tertiary/aromatic N) is 6. The summed E-state index contributed by atoms with van der Waals surface area (Å²) < 4.78 is 15.5. The number of fused-ring (bicyclic) bond motifs is 1. The van der Waals surface area contributed by atoms with Gasteiger partial charge in [-0.3, -0.25) is 14.3 Å². The van der Waals surface area contributed by atoms with Crippen LogP contribution in [-0.2, 0) is 6.54 Å². The highest BCUT2D eigenvalue weighted by atomic mass is 79.9. The van der Waals surface area contributed by atoms with E-state index in [1.54, 1.807) is 36.4 Å². The zero-order chi connectivity index (χ0) is 26.8. The molecule has 38 heavy (non-hydrogen) atoms. The molecule has 190 valence electrons. The number of halogens is 2. The lowest BCUT2D eigenvalue weighted by molar-refractivity contribution is 0.209. The van der Waals surface area contributed by atoms with Crippen molar-refractivity contribution in [1.29, 1.82) is 10.5 Å². The van der Waals surface area contributed by atoms with Gasteiger partial charge in [-0.25, -0.2) is 9.37 Å². The molecule has 1 saturated heterocycles. The van der Waals surface area contributed by atoms with E-state index in [0.29, 0.717) is 53.1 Å². The van der Waals surface area contributed by atoms with E-state index in [1.807, 2.05) is 29.2 Å². The first-order chi connectivity index (χ1) is 18.4. The molecule has 3 heterocycles. The highest BCUT2D eigenvalue weighted by molar-refractivity contribution is 9.10. The minimum atomic E-state index is -0.526. The summed E-state index contributed by atoms with van der Waals surface area (Å²) in [5.41, 5.74) is 2.37. The van der Waals surface area contributed by atoms with Crippen LogP contribution >= 0.6 is 15.9 Å². The number of phenols is 1. The Hall–Kier alpha value is -4.25. The summed E-state index contributed by atoms with van der Waals surface area (Å²) in [5.74, 6) is -0.188. The number of benzene rings is 2. The molecular weight excluding hydrogens is 551 g/mol. The molecule has 1 aliphatic rings. The van der Waals surface area contributed by atoms with Crippen LogP contribution in [0.5, 0.6) is 5.75 Å². The number of pyridine rings is 2. The summed E-state index contributed by atoms with van der Waals surface area (Å²) >= 11 is 3.39. The van der Waals surface area contributed by atoms with E-state index in [-0.39, 0.29) is 29.7 Å². The number of hydrogen-bond donors (Lipinski definition) is 1. The summed E-state index contributed by atoms with van der Waals surface area (Å²) in [6.07, 6.45) is 0. The predicted octanol–water partition coefficient (Wildman–Crippen LogP) is 4.31. The van der Waals surface area contributed by atoms with Crippen LogP contribution in [0.4, 0.5) is 10.1 Å². The fourth-order valence-electron chi connectivity index (χ4n) is 5.08. The number of para-hydroxylation sites is 1. The molecule has 5 rings (SSSR count). The third kappa shape index (κ3) is 4.60. The van der Waals surface area contributed by atoms with Gasteiger partial charge in [0, 0.05) is 31.7 Å². The third-order valence-electron chi connectivity index (χ3n) is 6.80. The van der Waals surface area contributed by atoms with Crippen molar-refractivity contribution in [3.8, 4) is 17.9 Å². The largest absolute Gasteiger partial charge is 0.508 e. The molecule has 2 aromatic heterocycles. The molecule has 8 nitrogen and oxygen atoms in total. The molecule has 1 aliphatic heterocycles. The number of rotatable bonds is 5. The Morgan fingerprint density at radius 2 is 1.74 bits per heavy atom. The van der Waals surface area contributed by atoms with Crippen molar-refractivity contribution in [3.05, 3.63) is 98.1 Å². The molecule has 10 heteroatoms. The number of aromatic nitrogens is 2. The van der Waals surface area contributed by atoms with Crippen LogP contribution in [0.2, 0.25) is 0 Å². The Bertz CT molecular complexity index is 1650. The molecule has 0 bridgehead atoms. The Morgan fingerprint density at radius 3 is 2.39 bits per heavy atom. The first kappa shape index (κ1) is 25.4. The van der Waals surface area contributed by atoms with E-state index in [1.165, 1.54) is 16.7 Å². The molecule has 1 atom stereocenters. The topological polar surface area (TPSA) is 109 Å². The molecular formula is C28H22BrFN6O2. The second kappa shape index (κ2) is 10.6. The fourth-order valence-corrected chi connectivity index (χ4v) is 5.38. The van der Waals surface area contributed by atoms with Crippen LogP contribution in [0, 0.1) is 28.5 Å². The van der Waals surface area contributed by atoms with Gasteiger partial charge in [-0.05, 0) is 51.8 Å². The van der Waals surface area contributed by atoms with Gasteiger partial charge in [-0.15, -0.1) is 0 Å². The van der Waals surface area contributed by atoms with Gasteiger partial charge >= 0.3 is 0 Å². The molecule has 0 radical (unpaired) electrons. The number of nitriles is 2. The number of aromatic hydroxyl groups is 1. The van der Waals surface area contributed by atoms with E-state index in [4.69, 9.17) is 0 Å². The SMILES string of the molecule is N#CCn1c(=O)c(C#N)c(N2CCN(C(c3ccc(F)cc3)c3ccccc3O)CC2)c2nc(Br)ccc21. The predicted molar refractivity (Wildman–Crippen MR) is 144 cm³/mol. The Morgan fingerprint density at radius 1 is 1.03 bits per heavy atom. The molecule has 1 unspecified atom stereocenters. The van der Waals surface area contributed by atoms with Gasteiger partial charge in [-0.2, -0.15) is 10.5 Å². The Labute approximate surface area is 226 Å². The standard InChI is InChI=1S/C28H22BrFN6O2/c29-24-10-9-22-25(33-24)27(21(17-32)28(38)36(22)12-11-31)35-15-13-34(14-16-35)26(18-5-7-19(30)8-6-18)20-3-1-2-4-23(20)37/h1-10,26,37H,12-16H2. The lowest BCUT2D eigenvalue weighted by atomic mass is 9.95. The Balaban J connectivity index is 1.54. The van der Waals surface area contributed by atoms with Gasteiger partial charge < -0.3 is 10.0 Å².